The van der Waals surface area contributed by atoms with Gasteiger partial charge >= 0.3 is 0 Å². The summed E-state index contributed by atoms with van der Waals surface area (Å²) >= 11 is 0. The minimum absolute atomic E-state index is 0. The lowest BCUT2D eigenvalue weighted by Crippen LogP contribution is -2.32. The Hall–Kier alpha value is -2.72. The van der Waals surface area contributed by atoms with E-state index in [9.17, 15) is 4.79 Å². The molecular formula is C15H22ClN5O5. The molecule has 1 aromatic carbocycles. The zero-order chi connectivity index (χ0) is 18.2. The number of carbonyl (C=O) groups excluding carboxylic acids is 1. The molecular weight excluding hydrogens is 366 g/mol. The fourth-order valence-electron chi connectivity index (χ4n) is 2.23. The highest BCUT2D eigenvalue weighted by atomic mass is 35.5. The van der Waals surface area contributed by atoms with E-state index in [0.29, 0.717) is 36.9 Å². The number of nitrogen functional groups attached to an aromatic ring is 1. The van der Waals surface area contributed by atoms with Gasteiger partial charge in [-0.25, -0.2) is 4.63 Å². The molecule has 11 heteroatoms. The number of carbonyl (C=O) groups is 1. The Balaban J connectivity index is 0.00000338. The lowest BCUT2D eigenvalue weighted by Gasteiger charge is -2.16. The van der Waals surface area contributed by atoms with Crippen LogP contribution in [0.25, 0.3) is 0 Å². The summed E-state index contributed by atoms with van der Waals surface area (Å²) in [5.41, 5.74) is 6.32. The molecule has 1 aromatic heterocycles. The van der Waals surface area contributed by atoms with Gasteiger partial charge in [0.05, 0.1) is 21.3 Å². The van der Waals surface area contributed by atoms with Gasteiger partial charge in [0.15, 0.2) is 11.5 Å². The van der Waals surface area contributed by atoms with Crippen LogP contribution < -0.4 is 30.6 Å². The monoisotopic (exact) mass is 387 g/mol. The van der Waals surface area contributed by atoms with Gasteiger partial charge in [0.1, 0.15) is 0 Å². The molecule has 0 spiro atoms. The van der Waals surface area contributed by atoms with Gasteiger partial charge in [0, 0.05) is 25.2 Å². The maximum atomic E-state index is 11.8. The predicted molar refractivity (Wildman–Crippen MR) is 96.1 cm³/mol. The number of nitrogens with one attached hydrogen (secondary N) is 2. The quantitative estimate of drug-likeness (QED) is 0.529. The highest BCUT2D eigenvalue weighted by Gasteiger charge is 2.16. The van der Waals surface area contributed by atoms with Crippen molar-refractivity contribution in [3.8, 4) is 17.2 Å². The summed E-state index contributed by atoms with van der Waals surface area (Å²) < 4.78 is 20.4. The minimum atomic E-state index is -0.441. The standard InChI is InChI=1S/C15H21N5O5.ClH/c1-22-10-5-4-9(12(23-2)13(10)24-3)8-17-6-7-18-15(21)11-14(16)20-25-19-11;/h4-5,17H,6-8H2,1-3H3,(H2,16,20)(H,18,21);1H. The third-order valence-corrected chi connectivity index (χ3v) is 3.42. The third-order valence-electron chi connectivity index (χ3n) is 3.42. The summed E-state index contributed by atoms with van der Waals surface area (Å²) in [6.45, 7) is 1.42. The van der Waals surface area contributed by atoms with Crippen LogP contribution in [-0.4, -0.2) is 50.6 Å². The van der Waals surface area contributed by atoms with Gasteiger partial charge in [-0.05, 0) is 16.4 Å². The van der Waals surface area contributed by atoms with Crippen molar-refractivity contribution >= 4 is 24.1 Å². The topological polar surface area (TPSA) is 134 Å². The first kappa shape index (κ1) is 21.3. The molecule has 0 atom stereocenters. The van der Waals surface area contributed by atoms with Crippen LogP contribution in [0.5, 0.6) is 17.2 Å². The Bertz CT molecular complexity index is 724. The Morgan fingerprint density at radius 3 is 2.42 bits per heavy atom. The fourth-order valence-corrected chi connectivity index (χ4v) is 2.23. The SMILES string of the molecule is COc1ccc(CNCCNC(=O)c2nonc2N)c(OC)c1OC.Cl. The molecule has 4 N–H and O–H groups in total. The Morgan fingerprint density at radius 2 is 1.85 bits per heavy atom. The number of nitrogens with zero attached hydrogens (tertiary/aromatic N) is 2. The Kier molecular flexibility index (Phi) is 8.46. The molecule has 10 nitrogen and oxygen atoms in total. The van der Waals surface area contributed by atoms with Crippen molar-refractivity contribution in [1.29, 1.82) is 0 Å². The molecule has 0 fully saturated rings. The molecule has 0 bridgehead atoms. The molecule has 0 radical (unpaired) electrons. The third kappa shape index (κ3) is 4.90. The lowest BCUT2D eigenvalue weighted by atomic mass is 10.1. The summed E-state index contributed by atoms with van der Waals surface area (Å²) in [4.78, 5) is 11.8. The number of nitrogens with two attached hydrogens (primary N) is 1. The molecule has 1 heterocycles. The summed E-state index contributed by atoms with van der Waals surface area (Å²) in [5, 5.41) is 12.6. The van der Waals surface area contributed by atoms with Crippen LogP contribution in [0, 0.1) is 0 Å². The van der Waals surface area contributed by atoms with E-state index in [-0.39, 0.29) is 23.9 Å². The van der Waals surface area contributed by atoms with Crippen molar-refractivity contribution in [2.45, 2.75) is 6.54 Å². The zero-order valence-corrected chi connectivity index (χ0v) is 15.5. The van der Waals surface area contributed by atoms with E-state index < -0.39 is 5.91 Å². The van der Waals surface area contributed by atoms with Crippen LogP contribution in [0.3, 0.4) is 0 Å². The van der Waals surface area contributed by atoms with Crippen molar-refractivity contribution in [3.05, 3.63) is 23.4 Å². The van der Waals surface area contributed by atoms with E-state index in [4.69, 9.17) is 19.9 Å². The molecule has 0 aliphatic heterocycles. The number of anilines is 1. The number of amides is 1. The second-order valence-electron chi connectivity index (χ2n) is 4.92. The molecule has 144 valence electrons. The predicted octanol–water partition coefficient (Wildman–Crippen LogP) is 0.619. The van der Waals surface area contributed by atoms with Gasteiger partial charge in [-0.15, -0.1) is 12.4 Å². The summed E-state index contributed by atoms with van der Waals surface area (Å²) in [6, 6.07) is 3.69. The zero-order valence-electron chi connectivity index (χ0n) is 14.7. The van der Waals surface area contributed by atoms with Crippen LogP contribution in [0.2, 0.25) is 0 Å². The number of rotatable bonds is 9. The maximum absolute atomic E-state index is 11.8. The average Bonchev–Trinajstić information content (AvgIpc) is 3.06. The van der Waals surface area contributed by atoms with Crippen LogP contribution in [-0.2, 0) is 6.54 Å². The largest absolute Gasteiger partial charge is 0.493 e. The van der Waals surface area contributed by atoms with Crippen molar-refractivity contribution < 1.29 is 23.6 Å². The Labute approximate surface area is 156 Å². The first-order valence-corrected chi connectivity index (χ1v) is 7.47. The van der Waals surface area contributed by atoms with Gasteiger partial charge in [0.2, 0.25) is 17.3 Å². The molecule has 0 saturated carbocycles. The molecule has 0 unspecified atom stereocenters. The molecule has 0 aliphatic carbocycles. The van der Waals surface area contributed by atoms with Gasteiger partial charge in [-0.2, -0.15) is 0 Å². The van der Waals surface area contributed by atoms with Crippen molar-refractivity contribution in [3.63, 3.8) is 0 Å². The number of hydrogen-bond donors (Lipinski definition) is 3. The lowest BCUT2D eigenvalue weighted by molar-refractivity contribution is 0.0944. The van der Waals surface area contributed by atoms with E-state index in [1.165, 1.54) is 0 Å². The molecule has 2 rings (SSSR count). The van der Waals surface area contributed by atoms with E-state index in [1.807, 2.05) is 6.07 Å². The minimum Gasteiger partial charge on any atom is -0.493 e. The van der Waals surface area contributed by atoms with Gasteiger partial charge in [-0.3, -0.25) is 4.79 Å². The number of ether oxygens (including phenoxy) is 3. The number of methoxy groups -OCH3 is 3. The van der Waals surface area contributed by atoms with Crippen LogP contribution in [0.15, 0.2) is 16.8 Å². The summed E-state index contributed by atoms with van der Waals surface area (Å²) in [5.74, 6) is 1.24. The van der Waals surface area contributed by atoms with E-state index >= 15 is 0 Å². The highest BCUT2D eigenvalue weighted by Crippen LogP contribution is 2.39. The second kappa shape index (κ2) is 10.3. The molecule has 2 aromatic rings. The molecule has 1 amide bonds. The smallest absolute Gasteiger partial charge is 0.277 e. The number of hydrogen-bond acceptors (Lipinski definition) is 9. The highest BCUT2D eigenvalue weighted by molar-refractivity contribution is 5.95. The summed E-state index contributed by atoms with van der Waals surface area (Å²) in [6.07, 6.45) is 0. The van der Waals surface area contributed by atoms with Gasteiger partial charge in [-0.1, -0.05) is 6.07 Å². The number of halogens is 1. The van der Waals surface area contributed by atoms with Gasteiger partial charge < -0.3 is 30.6 Å². The summed E-state index contributed by atoms with van der Waals surface area (Å²) in [7, 11) is 4.68. The van der Waals surface area contributed by atoms with Crippen molar-refractivity contribution in [2.75, 3.05) is 40.2 Å². The average molecular weight is 388 g/mol. The number of benzene rings is 1. The van der Waals surface area contributed by atoms with Crippen LogP contribution in [0.4, 0.5) is 5.82 Å². The first-order valence-electron chi connectivity index (χ1n) is 7.47. The van der Waals surface area contributed by atoms with Crippen LogP contribution in [0.1, 0.15) is 16.1 Å². The second-order valence-corrected chi connectivity index (χ2v) is 4.92. The maximum Gasteiger partial charge on any atom is 0.277 e. The fraction of sp³-hybridized carbons (Fsp3) is 0.400. The van der Waals surface area contributed by atoms with Crippen LogP contribution >= 0.6 is 12.4 Å². The first-order chi connectivity index (χ1) is 12.1. The van der Waals surface area contributed by atoms with Crippen molar-refractivity contribution in [1.82, 2.24) is 20.9 Å². The van der Waals surface area contributed by atoms with Crippen molar-refractivity contribution in [2.24, 2.45) is 0 Å². The van der Waals surface area contributed by atoms with E-state index in [1.54, 1.807) is 27.4 Å². The number of aromatic nitrogens is 2. The molecule has 26 heavy (non-hydrogen) atoms. The normalized spacial score (nSPS) is 9.96. The van der Waals surface area contributed by atoms with E-state index in [0.717, 1.165) is 5.56 Å². The van der Waals surface area contributed by atoms with E-state index in [2.05, 4.69) is 25.6 Å². The van der Waals surface area contributed by atoms with Gasteiger partial charge in [0.25, 0.3) is 5.91 Å². The molecule has 0 aliphatic rings. The Morgan fingerprint density at radius 1 is 1.12 bits per heavy atom. The molecule has 0 saturated heterocycles.